The van der Waals surface area contributed by atoms with Crippen molar-refractivity contribution in [1.82, 2.24) is 10.6 Å². The van der Waals surface area contributed by atoms with Crippen LogP contribution in [0.25, 0.3) is 5.70 Å². The molecule has 0 amide bonds. The molecule has 0 aromatic heterocycles. The normalized spacial score (nSPS) is 18.8. The Morgan fingerprint density at radius 1 is 0.897 bits per heavy atom. The third-order valence-electron chi connectivity index (χ3n) is 5.18. The molecule has 4 rings (SSSR count). The smallest absolute Gasteiger partial charge is 0.120 e. The summed E-state index contributed by atoms with van der Waals surface area (Å²) in [6.07, 6.45) is 2.93. The molecule has 1 heterocycles. The maximum absolute atomic E-state index is 10.4. The summed E-state index contributed by atoms with van der Waals surface area (Å²) in [6.45, 7) is 2.14. The first kappa shape index (κ1) is 19.8. The molecule has 0 aliphatic carbocycles. The van der Waals surface area contributed by atoms with Crippen LogP contribution in [0, 0.1) is 0 Å². The lowest BCUT2D eigenvalue weighted by Gasteiger charge is -2.33. The summed E-state index contributed by atoms with van der Waals surface area (Å²) >= 11 is 12.3. The van der Waals surface area contributed by atoms with Gasteiger partial charge < -0.3 is 10.4 Å². The highest BCUT2D eigenvalue weighted by molar-refractivity contribution is 6.30. The van der Waals surface area contributed by atoms with Crippen LogP contribution in [-0.4, -0.2) is 5.11 Å². The predicted molar refractivity (Wildman–Crippen MR) is 120 cm³/mol. The molecular formula is C24H22Cl2N2O. The maximum Gasteiger partial charge on any atom is 0.120 e. The van der Waals surface area contributed by atoms with Crippen LogP contribution >= 0.6 is 23.2 Å². The third kappa shape index (κ3) is 4.43. The molecule has 0 bridgehead atoms. The van der Waals surface area contributed by atoms with Gasteiger partial charge in [0.15, 0.2) is 0 Å². The third-order valence-corrected chi connectivity index (χ3v) is 5.67. The van der Waals surface area contributed by atoms with E-state index in [1.54, 1.807) is 18.2 Å². The average Bonchev–Trinajstić information content (AvgIpc) is 2.75. The molecule has 1 aliphatic heterocycles. The Labute approximate surface area is 181 Å². The van der Waals surface area contributed by atoms with E-state index in [0.29, 0.717) is 10.0 Å². The van der Waals surface area contributed by atoms with Gasteiger partial charge in [-0.2, -0.15) is 0 Å². The summed E-state index contributed by atoms with van der Waals surface area (Å²) < 4.78 is 0. The summed E-state index contributed by atoms with van der Waals surface area (Å²) in [4.78, 5) is 0. The van der Waals surface area contributed by atoms with Crippen molar-refractivity contribution in [1.29, 1.82) is 0 Å². The van der Waals surface area contributed by atoms with Crippen molar-refractivity contribution in [2.24, 2.45) is 0 Å². The van der Waals surface area contributed by atoms with Crippen LogP contribution in [-0.2, 0) is 6.42 Å². The van der Waals surface area contributed by atoms with Gasteiger partial charge in [0.2, 0.25) is 0 Å². The zero-order valence-corrected chi connectivity index (χ0v) is 17.5. The number of phenols is 1. The van der Waals surface area contributed by atoms with Crippen molar-refractivity contribution in [2.75, 3.05) is 0 Å². The number of rotatable bonds is 4. The van der Waals surface area contributed by atoms with Crippen LogP contribution in [0.4, 0.5) is 0 Å². The number of benzene rings is 3. The molecule has 0 radical (unpaired) electrons. The van der Waals surface area contributed by atoms with Crippen molar-refractivity contribution in [3.63, 3.8) is 0 Å². The van der Waals surface area contributed by atoms with Crippen LogP contribution < -0.4 is 10.6 Å². The van der Waals surface area contributed by atoms with E-state index in [-0.39, 0.29) is 18.0 Å². The lowest BCUT2D eigenvalue weighted by molar-refractivity contribution is 0.419. The van der Waals surface area contributed by atoms with Crippen LogP contribution in [0.1, 0.15) is 41.4 Å². The lowest BCUT2D eigenvalue weighted by Crippen LogP contribution is -2.39. The first-order valence-corrected chi connectivity index (χ1v) is 10.4. The predicted octanol–water partition coefficient (Wildman–Crippen LogP) is 6.24. The number of hydrogen-bond acceptors (Lipinski definition) is 3. The zero-order chi connectivity index (χ0) is 20.4. The van der Waals surface area contributed by atoms with Gasteiger partial charge in [0.05, 0.1) is 6.04 Å². The Balaban J connectivity index is 1.75. The SMILES string of the molecule is CCc1ccc(C2=CC(c3cc(Cl)ccc3O)NC(c3ccc(Cl)cc3)N2)cc1. The first-order chi connectivity index (χ1) is 14.0. The molecule has 2 unspecified atom stereocenters. The van der Waals surface area contributed by atoms with Gasteiger partial charge in [0, 0.05) is 21.3 Å². The highest BCUT2D eigenvalue weighted by Crippen LogP contribution is 2.34. The van der Waals surface area contributed by atoms with E-state index < -0.39 is 0 Å². The fourth-order valence-corrected chi connectivity index (χ4v) is 3.83. The van der Waals surface area contributed by atoms with E-state index in [0.717, 1.165) is 28.8 Å². The number of aromatic hydroxyl groups is 1. The van der Waals surface area contributed by atoms with Gasteiger partial charge in [-0.15, -0.1) is 0 Å². The van der Waals surface area contributed by atoms with Gasteiger partial charge in [-0.05, 0) is 59.5 Å². The largest absolute Gasteiger partial charge is 0.508 e. The van der Waals surface area contributed by atoms with Crippen LogP contribution in [0.15, 0.2) is 72.8 Å². The number of nitrogens with one attached hydrogen (secondary N) is 2. The van der Waals surface area contributed by atoms with Crippen molar-refractivity contribution in [2.45, 2.75) is 25.6 Å². The summed E-state index contributed by atoms with van der Waals surface area (Å²) in [5.41, 5.74) is 5.17. The van der Waals surface area contributed by atoms with E-state index in [2.05, 4.69) is 47.9 Å². The summed E-state index contributed by atoms with van der Waals surface area (Å²) in [5, 5.41) is 18.8. The topological polar surface area (TPSA) is 44.3 Å². The number of hydrogen-bond donors (Lipinski definition) is 3. The Morgan fingerprint density at radius 3 is 2.28 bits per heavy atom. The second-order valence-corrected chi connectivity index (χ2v) is 7.98. The van der Waals surface area contributed by atoms with E-state index in [4.69, 9.17) is 23.2 Å². The standard InChI is InChI=1S/C24H22Cl2N2O/c1-2-15-3-5-16(6-4-15)21-14-22(20-13-19(26)11-12-23(20)29)28-24(27-21)17-7-9-18(25)10-8-17/h3-14,22,24,27-29H,2H2,1H3. The second-order valence-electron chi connectivity index (χ2n) is 7.11. The van der Waals surface area contributed by atoms with E-state index >= 15 is 0 Å². The van der Waals surface area contributed by atoms with Gasteiger partial charge in [-0.25, -0.2) is 0 Å². The van der Waals surface area contributed by atoms with Gasteiger partial charge in [-0.3, -0.25) is 5.32 Å². The van der Waals surface area contributed by atoms with Crippen LogP contribution in [0.5, 0.6) is 5.75 Å². The number of halogens is 2. The molecule has 148 valence electrons. The molecule has 1 aliphatic rings. The molecule has 3 nitrogen and oxygen atoms in total. The van der Waals surface area contributed by atoms with E-state index in [9.17, 15) is 5.11 Å². The Morgan fingerprint density at radius 2 is 1.59 bits per heavy atom. The first-order valence-electron chi connectivity index (χ1n) is 9.61. The Hall–Kier alpha value is -2.46. The van der Waals surface area contributed by atoms with Gasteiger partial charge in [0.1, 0.15) is 11.9 Å². The molecule has 3 aromatic rings. The maximum atomic E-state index is 10.4. The summed E-state index contributed by atoms with van der Waals surface area (Å²) in [5.74, 6) is 0.209. The lowest BCUT2D eigenvalue weighted by atomic mass is 9.97. The van der Waals surface area contributed by atoms with Crippen LogP contribution in [0.3, 0.4) is 0 Å². The Bertz CT molecular complexity index is 1030. The molecule has 0 fully saturated rings. The quantitative estimate of drug-likeness (QED) is 0.464. The minimum Gasteiger partial charge on any atom is -0.508 e. The van der Waals surface area contributed by atoms with Crippen molar-refractivity contribution in [3.8, 4) is 5.75 Å². The summed E-state index contributed by atoms with van der Waals surface area (Å²) in [6, 6.07) is 21.2. The molecular weight excluding hydrogens is 403 g/mol. The molecule has 0 saturated carbocycles. The highest BCUT2D eigenvalue weighted by atomic mass is 35.5. The van der Waals surface area contributed by atoms with Gasteiger partial charge >= 0.3 is 0 Å². The molecule has 3 aromatic carbocycles. The number of phenolic OH excluding ortho intramolecular Hbond substituents is 1. The van der Waals surface area contributed by atoms with Crippen molar-refractivity contribution in [3.05, 3.63) is 105 Å². The minimum absolute atomic E-state index is 0.151. The van der Waals surface area contributed by atoms with E-state index in [1.807, 2.05) is 24.3 Å². The number of aryl methyl sites for hydroxylation is 1. The molecule has 3 N–H and O–H groups in total. The van der Waals surface area contributed by atoms with E-state index in [1.165, 1.54) is 5.56 Å². The monoisotopic (exact) mass is 424 g/mol. The zero-order valence-electron chi connectivity index (χ0n) is 16.0. The minimum atomic E-state index is -0.212. The average molecular weight is 425 g/mol. The fourth-order valence-electron chi connectivity index (χ4n) is 3.53. The van der Waals surface area contributed by atoms with Crippen LogP contribution in [0.2, 0.25) is 10.0 Å². The van der Waals surface area contributed by atoms with Gasteiger partial charge in [0.25, 0.3) is 0 Å². The van der Waals surface area contributed by atoms with Crippen molar-refractivity contribution >= 4 is 28.9 Å². The highest BCUT2D eigenvalue weighted by Gasteiger charge is 2.25. The summed E-state index contributed by atoms with van der Waals surface area (Å²) in [7, 11) is 0. The molecule has 0 saturated heterocycles. The fraction of sp³-hybridized carbons (Fsp3) is 0.167. The molecule has 2 atom stereocenters. The Kier molecular flexibility index (Phi) is 5.81. The molecule has 0 spiro atoms. The van der Waals surface area contributed by atoms with Gasteiger partial charge in [-0.1, -0.05) is 66.5 Å². The molecule has 5 heteroatoms. The molecule has 29 heavy (non-hydrogen) atoms. The van der Waals surface area contributed by atoms with Crippen molar-refractivity contribution < 1.29 is 5.11 Å². The second kappa shape index (κ2) is 8.50.